The summed E-state index contributed by atoms with van der Waals surface area (Å²) >= 11 is 0. The van der Waals surface area contributed by atoms with Crippen LogP contribution in [-0.4, -0.2) is 58.6 Å². The molecule has 2 N–H and O–H groups in total. The molecular formula is C51H66N2O7P+. The number of carboxylic acids is 1. The number of Topliss-reactive ketones (excluding diaryl/α,β-unsaturated/α-hetero) is 1. The van der Waals surface area contributed by atoms with E-state index >= 15 is 0 Å². The van der Waals surface area contributed by atoms with Crippen LogP contribution in [-0.2, 0) is 34.0 Å². The predicted molar refractivity (Wildman–Crippen MR) is 249 cm³/mol. The van der Waals surface area contributed by atoms with Gasteiger partial charge in [-0.1, -0.05) is 84.3 Å². The first-order valence-corrected chi connectivity index (χ1v) is 24.1. The Hall–Kier alpha value is -4.56. The maximum atomic E-state index is 14.3. The van der Waals surface area contributed by atoms with Crippen molar-refractivity contribution in [1.82, 2.24) is 0 Å². The lowest BCUT2D eigenvalue weighted by Crippen LogP contribution is -2.32. The topological polar surface area (TPSA) is 116 Å². The van der Waals surface area contributed by atoms with Crippen LogP contribution in [0.4, 0.5) is 11.4 Å². The molecule has 2 aliphatic heterocycles. The number of likely N-dealkylation sites (N-methyl/N-ethyl adjacent to an activating group) is 1. The summed E-state index contributed by atoms with van der Waals surface area (Å²) in [5.41, 5.74) is 6.25. The number of benzene rings is 3. The summed E-state index contributed by atoms with van der Waals surface area (Å²) in [6.07, 6.45) is 18.8. The number of hydrogen-bond donors (Lipinski definition) is 2. The molecule has 3 aliphatic rings. The van der Waals surface area contributed by atoms with E-state index in [9.17, 15) is 24.4 Å². The number of nitrogens with zero attached hydrogens (tertiary/aromatic N) is 2. The van der Waals surface area contributed by atoms with Crippen molar-refractivity contribution < 1.29 is 38.0 Å². The van der Waals surface area contributed by atoms with Crippen molar-refractivity contribution in [3.05, 3.63) is 106 Å². The molecular weight excluding hydrogens is 784 g/mol. The van der Waals surface area contributed by atoms with Crippen LogP contribution in [0.25, 0.3) is 16.8 Å². The molecule has 6 rings (SSSR count). The molecule has 0 unspecified atom stereocenters. The van der Waals surface area contributed by atoms with E-state index in [-0.39, 0.29) is 30.3 Å². The fraction of sp³-hybridized carbons (Fsp3) is 0.471. The van der Waals surface area contributed by atoms with Crippen LogP contribution in [0.3, 0.4) is 0 Å². The highest BCUT2D eigenvalue weighted by Crippen LogP contribution is 2.53. The molecule has 326 valence electrons. The highest BCUT2D eigenvalue weighted by Gasteiger charge is 2.48. The third kappa shape index (κ3) is 9.16. The molecule has 0 amide bonds. The summed E-state index contributed by atoms with van der Waals surface area (Å²) in [5.74, 6) is -1.21. The highest BCUT2D eigenvalue weighted by atomic mass is 31.2. The second-order valence-corrected chi connectivity index (χ2v) is 19.6. The van der Waals surface area contributed by atoms with E-state index in [1.54, 1.807) is 26.0 Å². The number of carboxylic acid groups (broad SMARTS) is 1. The standard InChI is InChI=1S/C51H65N2O7P/c1-9-13-14-15-16-17-18-19-20-21-30-53-43-27-24-36-31-35(23-29-46(54)55)22-26-38(36)47(43)51(7,8)45(53)34-40-48(56)39(49(40)57)33-44-50(5,6)41-32-37(25-28-42(41)52(44)10-2)61(58,59-11-3)60-12-4/h22-29,31-34H,9-21,30H2,1-8H3,(H-,54,55,56,57)/p+1/b29-23+. The van der Waals surface area contributed by atoms with Gasteiger partial charge in [0.25, 0.3) is 0 Å². The molecule has 0 atom stereocenters. The van der Waals surface area contributed by atoms with Gasteiger partial charge in [0.2, 0.25) is 11.5 Å². The number of carbonyl (C=O) groups is 2. The van der Waals surface area contributed by atoms with Gasteiger partial charge in [-0.2, -0.15) is 4.58 Å². The van der Waals surface area contributed by atoms with Crippen molar-refractivity contribution in [2.45, 2.75) is 130 Å². The van der Waals surface area contributed by atoms with Crippen LogP contribution >= 0.6 is 7.60 Å². The number of fused-ring (bicyclic) bond motifs is 4. The zero-order valence-corrected chi connectivity index (χ0v) is 38.5. The zero-order valence-electron chi connectivity index (χ0n) is 37.6. The maximum absolute atomic E-state index is 14.3. The van der Waals surface area contributed by atoms with Crippen molar-refractivity contribution in [1.29, 1.82) is 0 Å². The first-order valence-electron chi connectivity index (χ1n) is 22.5. The smallest absolute Gasteiger partial charge is 0.361 e. The van der Waals surface area contributed by atoms with Crippen molar-refractivity contribution in [2.24, 2.45) is 0 Å². The molecule has 0 fully saturated rings. The molecule has 0 spiro atoms. The Bertz CT molecular complexity index is 2370. The molecule has 2 heterocycles. The van der Waals surface area contributed by atoms with Crippen LogP contribution in [0, 0.1) is 0 Å². The van der Waals surface area contributed by atoms with Gasteiger partial charge < -0.3 is 24.2 Å². The number of unbranched alkanes of at least 4 members (excludes halogenated alkanes) is 9. The summed E-state index contributed by atoms with van der Waals surface area (Å²) in [6.45, 7) is 18.3. The molecule has 1 aliphatic carbocycles. The summed E-state index contributed by atoms with van der Waals surface area (Å²) in [5, 5.41) is 23.6. The lowest BCUT2D eigenvalue weighted by molar-refractivity contribution is -0.438. The third-order valence-corrected chi connectivity index (χ3v) is 14.8. The monoisotopic (exact) mass is 849 g/mol. The number of ketones is 1. The van der Waals surface area contributed by atoms with Crippen LogP contribution in [0.15, 0.2) is 89.4 Å². The minimum atomic E-state index is -3.53. The quantitative estimate of drug-likeness (QED) is 0.0471. The molecule has 3 aromatic rings. The first kappa shape index (κ1) is 46.0. The molecule has 3 aromatic carbocycles. The zero-order chi connectivity index (χ0) is 44.1. The van der Waals surface area contributed by atoms with Crippen LogP contribution in [0.5, 0.6) is 0 Å². The Morgan fingerprint density at radius 3 is 2.08 bits per heavy atom. The number of carbonyl (C=O) groups excluding carboxylic acids is 1. The van der Waals surface area contributed by atoms with E-state index in [0.717, 1.165) is 75.7 Å². The fourth-order valence-corrected chi connectivity index (χ4v) is 11.1. The van der Waals surface area contributed by atoms with Crippen molar-refractivity contribution >= 4 is 58.6 Å². The number of hydrogen-bond acceptors (Lipinski definition) is 7. The Balaban J connectivity index is 1.34. The van der Waals surface area contributed by atoms with Gasteiger partial charge in [0, 0.05) is 53.5 Å². The van der Waals surface area contributed by atoms with Crippen molar-refractivity contribution in [3.8, 4) is 0 Å². The van der Waals surface area contributed by atoms with E-state index in [1.807, 2.05) is 36.4 Å². The van der Waals surface area contributed by atoms with Gasteiger partial charge in [-0.3, -0.25) is 9.36 Å². The van der Waals surface area contributed by atoms with Gasteiger partial charge in [-0.15, -0.1) is 0 Å². The molecule has 61 heavy (non-hydrogen) atoms. The summed E-state index contributed by atoms with van der Waals surface area (Å²) in [4.78, 5) is 27.6. The minimum absolute atomic E-state index is 0.0175. The maximum Gasteiger partial charge on any atom is 0.361 e. The van der Waals surface area contributed by atoms with Gasteiger partial charge in [0.1, 0.15) is 12.3 Å². The molecule has 9 nitrogen and oxygen atoms in total. The molecule has 10 heteroatoms. The minimum Gasteiger partial charge on any atom is -0.506 e. The van der Waals surface area contributed by atoms with Gasteiger partial charge in [0.15, 0.2) is 5.71 Å². The Kier molecular flexibility index (Phi) is 14.5. The number of anilines is 1. The third-order valence-electron chi connectivity index (χ3n) is 12.7. The summed E-state index contributed by atoms with van der Waals surface area (Å²) in [6, 6.07) is 15.9. The van der Waals surface area contributed by atoms with Crippen LogP contribution in [0.2, 0.25) is 0 Å². The molecule has 0 saturated heterocycles. The molecule has 0 aromatic heterocycles. The highest BCUT2D eigenvalue weighted by molar-refractivity contribution is 7.62. The molecule has 0 radical (unpaired) electrons. The average Bonchev–Trinajstić information content (AvgIpc) is 3.58. The number of aliphatic hydroxyl groups excluding tert-OH is 1. The average molecular weight is 850 g/mol. The van der Waals surface area contributed by atoms with Crippen LogP contribution < -0.4 is 10.2 Å². The predicted octanol–water partition coefficient (Wildman–Crippen LogP) is 12.1. The number of aliphatic hydroxyl groups is 1. The largest absolute Gasteiger partial charge is 0.506 e. The Morgan fingerprint density at radius 1 is 0.820 bits per heavy atom. The molecule has 0 bridgehead atoms. The van der Waals surface area contributed by atoms with Crippen LogP contribution in [0.1, 0.15) is 136 Å². The number of aliphatic carboxylic acids is 1. The first-order chi connectivity index (χ1) is 29.1. The Morgan fingerprint density at radius 2 is 1.48 bits per heavy atom. The van der Waals surface area contributed by atoms with E-state index in [0.29, 0.717) is 17.4 Å². The van der Waals surface area contributed by atoms with Crippen molar-refractivity contribution in [3.63, 3.8) is 0 Å². The lowest BCUT2D eigenvalue weighted by Gasteiger charge is -2.28. The van der Waals surface area contributed by atoms with Gasteiger partial charge in [-0.25, -0.2) is 4.79 Å². The second kappa shape index (κ2) is 19.2. The van der Waals surface area contributed by atoms with E-state index < -0.39 is 24.4 Å². The molecule has 0 saturated carbocycles. The number of allylic oxidation sites excluding steroid dienone is 5. The van der Waals surface area contributed by atoms with Gasteiger partial charge >= 0.3 is 13.6 Å². The SMILES string of the molecule is CCCCCCCCCCCC[N+]1=C(/C=C2\C(=O)C(/C=C3\N(CC)c4ccc(P(=O)(OCC)OCC)cc4C3(C)C)=C2O)C(C)(C)c2c1ccc1cc(/C=C/C(=O)O)ccc21. The van der Waals surface area contributed by atoms with Crippen molar-refractivity contribution in [2.75, 3.05) is 31.2 Å². The van der Waals surface area contributed by atoms with E-state index in [4.69, 9.17) is 9.05 Å². The second-order valence-electron chi connectivity index (χ2n) is 17.5. The Labute approximate surface area is 363 Å². The van der Waals surface area contributed by atoms with E-state index in [1.165, 1.54) is 51.4 Å². The number of rotatable bonds is 21. The summed E-state index contributed by atoms with van der Waals surface area (Å²) < 4.78 is 27.5. The summed E-state index contributed by atoms with van der Waals surface area (Å²) in [7, 11) is -3.53. The normalized spacial score (nSPS) is 18.3. The lowest BCUT2D eigenvalue weighted by atomic mass is 9.76. The fourth-order valence-electron chi connectivity index (χ4n) is 9.49. The van der Waals surface area contributed by atoms with Gasteiger partial charge in [0.05, 0.1) is 35.1 Å². The van der Waals surface area contributed by atoms with Gasteiger partial charge in [-0.05, 0) is 105 Å². The van der Waals surface area contributed by atoms with E-state index in [2.05, 4.69) is 69.2 Å².